The third-order valence-electron chi connectivity index (χ3n) is 3.24. The molecule has 3 heteroatoms. The van der Waals surface area contributed by atoms with E-state index in [1.54, 1.807) is 0 Å². The summed E-state index contributed by atoms with van der Waals surface area (Å²) in [5, 5.41) is 0.978. The maximum absolute atomic E-state index is 11.3. The van der Waals surface area contributed by atoms with Crippen molar-refractivity contribution in [3.63, 3.8) is 0 Å². The van der Waals surface area contributed by atoms with Gasteiger partial charge in [-0.3, -0.25) is 4.79 Å². The van der Waals surface area contributed by atoms with Crippen molar-refractivity contribution in [2.45, 2.75) is 6.42 Å². The fourth-order valence-electron chi connectivity index (χ4n) is 2.34. The highest BCUT2D eigenvalue weighted by Gasteiger charge is 2.09. The molecule has 0 aliphatic heterocycles. The van der Waals surface area contributed by atoms with E-state index >= 15 is 0 Å². The molecule has 20 heavy (non-hydrogen) atoms. The lowest BCUT2D eigenvalue weighted by atomic mass is 10.0. The van der Waals surface area contributed by atoms with Gasteiger partial charge in [-0.1, -0.05) is 48.5 Å². The number of carbonyl (C=O) groups is 1. The number of fused-ring (bicyclic) bond motifs is 1. The molecular weight excluding hydrogens is 248 g/mol. The number of pyridine rings is 1. The fraction of sp³-hybridized carbons (Fsp3) is 0.0588. The molecule has 0 unspecified atom stereocenters. The summed E-state index contributed by atoms with van der Waals surface area (Å²) in [7, 11) is 0. The third kappa shape index (κ3) is 2.38. The van der Waals surface area contributed by atoms with E-state index in [4.69, 9.17) is 5.73 Å². The lowest BCUT2D eigenvalue weighted by Crippen LogP contribution is -2.14. The van der Waals surface area contributed by atoms with E-state index in [-0.39, 0.29) is 12.3 Å². The Morgan fingerprint density at radius 3 is 2.45 bits per heavy atom. The van der Waals surface area contributed by atoms with E-state index in [1.165, 1.54) is 0 Å². The van der Waals surface area contributed by atoms with Gasteiger partial charge in [0.05, 0.1) is 17.6 Å². The molecule has 0 aliphatic carbocycles. The number of para-hydroxylation sites is 1. The zero-order chi connectivity index (χ0) is 13.9. The number of hydrogen-bond acceptors (Lipinski definition) is 2. The van der Waals surface area contributed by atoms with Crippen LogP contribution >= 0.6 is 0 Å². The molecule has 0 atom stereocenters. The van der Waals surface area contributed by atoms with Gasteiger partial charge >= 0.3 is 0 Å². The monoisotopic (exact) mass is 262 g/mol. The van der Waals surface area contributed by atoms with Gasteiger partial charge in [-0.2, -0.15) is 0 Å². The standard InChI is InChI=1S/C17H14N2O/c18-17(20)11-13-10-16(12-6-2-1-3-7-12)19-15-9-5-4-8-14(13)15/h1-10H,11H2,(H2,18,20). The summed E-state index contributed by atoms with van der Waals surface area (Å²) in [5.74, 6) is -0.333. The molecule has 3 nitrogen and oxygen atoms in total. The minimum Gasteiger partial charge on any atom is -0.369 e. The Bertz CT molecular complexity index is 766. The van der Waals surface area contributed by atoms with Crippen molar-refractivity contribution in [3.05, 3.63) is 66.2 Å². The second-order valence-corrected chi connectivity index (χ2v) is 4.69. The first-order valence-corrected chi connectivity index (χ1v) is 6.46. The minimum atomic E-state index is -0.333. The number of benzene rings is 2. The number of amides is 1. The Morgan fingerprint density at radius 1 is 1.00 bits per heavy atom. The van der Waals surface area contributed by atoms with Crippen LogP contribution in [0.25, 0.3) is 22.2 Å². The van der Waals surface area contributed by atoms with E-state index in [9.17, 15) is 4.79 Å². The first-order valence-electron chi connectivity index (χ1n) is 6.46. The molecule has 98 valence electrons. The smallest absolute Gasteiger partial charge is 0.221 e. The molecular formula is C17H14N2O. The Balaban J connectivity index is 2.22. The Kier molecular flexibility index (Phi) is 3.17. The van der Waals surface area contributed by atoms with E-state index in [2.05, 4.69) is 4.98 Å². The van der Waals surface area contributed by atoms with Gasteiger partial charge in [0.15, 0.2) is 0 Å². The maximum Gasteiger partial charge on any atom is 0.221 e. The average Bonchev–Trinajstić information content (AvgIpc) is 2.47. The molecule has 2 N–H and O–H groups in total. The van der Waals surface area contributed by atoms with Gasteiger partial charge in [-0.25, -0.2) is 4.98 Å². The van der Waals surface area contributed by atoms with E-state index < -0.39 is 0 Å². The largest absolute Gasteiger partial charge is 0.369 e. The maximum atomic E-state index is 11.3. The van der Waals surface area contributed by atoms with Crippen LogP contribution in [0.2, 0.25) is 0 Å². The highest BCUT2D eigenvalue weighted by atomic mass is 16.1. The highest BCUT2D eigenvalue weighted by molar-refractivity contribution is 5.89. The number of nitrogens with two attached hydrogens (primary N) is 1. The molecule has 1 heterocycles. The zero-order valence-corrected chi connectivity index (χ0v) is 10.9. The first kappa shape index (κ1) is 12.4. The molecule has 3 aromatic rings. The van der Waals surface area contributed by atoms with Crippen molar-refractivity contribution in [1.82, 2.24) is 4.98 Å². The second kappa shape index (κ2) is 5.13. The molecule has 0 aliphatic rings. The van der Waals surface area contributed by atoms with Crippen LogP contribution in [0.4, 0.5) is 0 Å². The molecule has 3 rings (SSSR count). The molecule has 0 saturated carbocycles. The molecule has 2 aromatic carbocycles. The fourth-order valence-corrected chi connectivity index (χ4v) is 2.34. The van der Waals surface area contributed by atoms with Crippen LogP contribution < -0.4 is 5.73 Å². The summed E-state index contributed by atoms with van der Waals surface area (Å²) in [6.45, 7) is 0. The lowest BCUT2D eigenvalue weighted by molar-refractivity contribution is -0.117. The number of primary amides is 1. The normalized spacial score (nSPS) is 10.6. The number of carbonyl (C=O) groups excluding carboxylic acids is 1. The summed E-state index contributed by atoms with van der Waals surface area (Å²) >= 11 is 0. The van der Waals surface area contributed by atoms with E-state index in [1.807, 2.05) is 60.7 Å². The number of rotatable bonds is 3. The highest BCUT2D eigenvalue weighted by Crippen LogP contribution is 2.24. The van der Waals surface area contributed by atoms with Crippen LogP contribution in [0.15, 0.2) is 60.7 Å². The van der Waals surface area contributed by atoms with Crippen molar-refractivity contribution in [2.75, 3.05) is 0 Å². The molecule has 1 aromatic heterocycles. The molecule has 0 radical (unpaired) electrons. The van der Waals surface area contributed by atoms with Crippen LogP contribution in [-0.4, -0.2) is 10.9 Å². The quantitative estimate of drug-likeness (QED) is 0.789. The number of hydrogen-bond donors (Lipinski definition) is 1. The van der Waals surface area contributed by atoms with Crippen molar-refractivity contribution in [2.24, 2.45) is 5.73 Å². The first-order chi connectivity index (χ1) is 9.74. The second-order valence-electron chi connectivity index (χ2n) is 4.69. The van der Waals surface area contributed by atoms with Gasteiger partial charge in [0.1, 0.15) is 0 Å². The summed E-state index contributed by atoms with van der Waals surface area (Å²) in [6, 6.07) is 19.7. The predicted octanol–water partition coefficient (Wildman–Crippen LogP) is 2.93. The van der Waals surface area contributed by atoms with Crippen molar-refractivity contribution < 1.29 is 4.79 Å². The average molecular weight is 262 g/mol. The summed E-state index contributed by atoms with van der Waals surface area (Å²) < 4.78 is 0. The SMILES string of the molecule is NC(=O)Cc1cc(-c2ccccc2)nc2ccccc12. The van der Waals surface area contributed by atoms with E-state index in [0.717, 1.165) is 27.7 Å². The Morgan fingerprint density at radius 2 is 1.70 bits per heavy atom. The van der Waals surface area contributed by atoms with Gasteiger partial charge in [-0.15, -0.1) is 0 Å². The summed E-state index contributed by atoms with van der Waals surface area (Å²) in [5.41, 5.74) is 9.04. The summed E-state index contributed by atoms with van der Waals surface area (Å²) in [6.07, 6.45) is 0.225. The molecule has 1 amide bonds. The summed E-state index contributed by atoms with van der Waals surface area (Å²) in [4.78, 5) is 15.9. The van der Waals surface area contributed by atoms with Crippen molar-refractivity contribution >= 4 is 16.8 Å². The minimum absolute atomic E-state index is 0.225. The molecule has 0 bridgehead atoms. The van der Waals surface area contributed by atoms with Crippen LogP contribution in [-0.2, 0) is 11.2 Å². The number of aromatic nitrogens is 1. The van der Waals surface area contributed by atoms with Gasteiger partial charge in [0.25, 0.3) is 0 Å². The van der Waals surface area contributed by atoms with Gasteiger partial charge in [-0.05, 0) is 17.7 Å². The van der Waals surface area contributed by atoms with Gasteiger partial charge < -0.3 is 5.73 Å². The lowest BCUT2D eigenvalue weighted by Gasteiger charge is -2.08. The van der Waals surface area contributed by atoms with Crippen molar-refractivity contribution in [1.29, 1.82) is 0 Å². The van der Waals surface area contributed by atoms with Crippen LogP contribution in [0, 0.1) is 0 Å². The Hall–Kier alpha value is -2.68. The van der Waals surface area contributed by atoms with E-state index in [0.29, 0.717) is 0 Å². The van der Waals surface area contributed by atoms with Crippen LogP contribution in [0.1, 0.15) is 5.56 Å². The number of nitrogens with zero attached hydrogens (tertiary/aromatic N) is 1. The predicted molar refractivity (Wildman–Crippen MR) is 80.1 cm³/mol. The molecule has 0 spiro atoms. The van der Waals surface area contributed by atoms with Crippen LogP contribution in [0.3, 0.4) is 0 Å². The van der Waals surface area contributed by atoms with Gasteiger partial charge in [0.2, 0.25) is 5.91 Å². The Labute approximate surface area is 117 Å². The third-order valence-corrected chi connectivity index (χ3v) is 3.24. The van der Waals surface area contributed by atoms with Gasteiger partial charge in [0, 0.05) is 10.9 Å². The topological polar surface area (TPSA) is 56.0 Å². The molecule has 0 fully saturated rings. The zero-order valence-electron chi connectivity index (χ0n) is 10.9. The van der Waals surface area contributed by atoms with Crippen molar-refractivity contribution in [3.8, 4) is 11.3 Å². The molecule has 0 saturated heterocycles. The van der Waals surface area contributed by atoms with Crippen LogP contribution in [0.5, 0.6) is 0 Å².